The van der Waals surface area contributed by atoms with Crippen LogP contribution in [0.25, 0.3) is 0 Å². The van der Waals surface area contributed by atoms with Crippen molar-refractivity contribution in [3.63, 3.8) is 0 Å². The quantitative estimate of drug-likeness (QED) is 0.779. The number of rotatable bonds is 2. The number of hydrogen-bond acceptors (Lipinski definition) is 2. The molecule has 0 amide bonds. The van der Waals surface area contributed by atoms with E-state index in [0.29, 0.717) is 0 Å². The summed E-state index contributed by atoms with van der Waals surface area (Å²) in [6.07, 6.45) is 1.69. The molecule has 2 unspecified atom stereocenters. The van der Waals surface area contributed by atoms with Crippen LogP contribution in [0, 0.1) is 5.92 Å². The van der Waals surface area contributed by atoms with Crippen LogP contribution in [0.5, 0.6) is 5.75 Å². The van der Waals surface area contributed by atoms with Crippen LogP contribution in [0.15, 0.2) is 18.2 Å². The van der Waals surface area contributed by atoms with E-state index in [9.17, 15) is 9.90 Å². The summed E-state index contributed by atoms with van der Waals surface area (Å²) in [6.45, 7) is 1.70. The Hall–Kier alpha value is -1.51. The number of phenolic OH excluding ortho intramolecular Hbond substituents is 1. The van der Waals surface area contributed by atoms with Crippen molar-refractivity contribution >= 4 is 5.97 Å². The lowest BCUT2D eigenvalue weighted by Crippen LogP contribution is -2.17. The predicted octanol–water partition coefficient (Wildman–Crippen LogP) is 2.14. The van der Waals surface area contributed by atoms with Crippen molar-refractivity contribution in [2.45, 2.75) is 25.7 Å². The number of phenols is 1. The average Bonchev–Trinajstić information content (AvgIpc) is 2.61. The van der Waals surface area contributed by atoms with Gasteiger partial charge < -0.3 is 10.2 Å². The van der Waals surface area contributed by atoms with E-state index >= 15 is 0 Å². The Labute approximate surface area is 88.4 Å². The van der Waals surface area contributed by atoms with Crippen LogP contribution in [0.3, 0.4) is 0 Å². The lowest BCUT2D eigenvalue weighted by molar-refractivity contribution is -0.141. The topological polar surface area (TPSA) is 57.5 Å². The van der Waals surface area contributed by atoms with E-state index in [4.69, 9.17) is 5.11 Å². The van der Waals surface area contributed by atoms with Crippen LogP contribution in [0.4, 0.5) is 0 Å². The summed E-state index contributed by atoms with van der Waals surface area (Å²) in [7, 11) is 0. The van der Waals surface area contributed by atoms with E-state index in [2.05, 4.69) is 0 Å². The molecule has 1 aromatic carbocycles. The minimum absolute atomic E-state index is 0.0429. The first-order valence-corrected chi connectivity index (χ1v) is 5.15. The summed E-state index contributed by atoms with van der Waals surface area (Å²) in [6, 6.07) is 5.40. The van der Waals surface area contributed by atoms with Crippen LogP contribution in [-0.2, 0) is 11.2 Å². The van der Waals surface area contributed by atoms with Gasteiger partial charge in [0.15, 0.2) is 0 Å². The van der Waals surface area contributed by atoms with Crippen LogP contribution in [0.1, 0.15) is 30.4 Å². The number of aryl methyl sites for hydroxylation is 1. The lowest BCUT2D eigenvalue weighted by Gasteiger charge is -2.16. The molecule has 1 aliphatic carbocycles. The highest BCUT2D eigenvalue weighted by Crippen LogP contribution is 2.42. The zero-order valence-corrected chi connectivity index (χ0v) is 8.60. The molecule has 80 valence electrons. The van der Waals surface area contributed by atoms with Gasteiger partial charge in [-0.3, -0.25) is 4.79 Å². The van der Waals surface area contributed by atoms with Crippen LogP contribution >= 0.6 is 0 Å². The number of carboxylic acid groups (broad SMARTS) is 1. The van der Waals surface area contributed by atoms with E-state index in [1.54, 1.807) is 13.0 Å². The molecule has 0 fully saturated rings. The molecule has 0 aromatic heterocycles. The van der Waals surface area contributed by atoms with Gasteiger partial charge in [-0.25, -0.2) is 0 Å². The molecule has 3 heteroatoms. The van der Waals surface area contributed by atoms with Gasteiger partial charge in [-0.1, -0.05) is 19.1 Å². The molecule has 2 N–H and O–H groups in total. The number of carboxylic acids is 1. The number of hydrogen-bond donors (Lipinski definition) is 2. The molecule has 1 aliphatic rings. The maximum atomic E-state index is 10.9. The maximum absolute atomic E-state index is 10.9. The molecule has 0 spiro atoms. The van der Waals surface area contributed by atoms with Gasteiger partial charge in [0.25, 0.3) is 0 Å². The molecule has 0 bridgehead atoms. The molecule has 2 atom stereocenters. The van der Waals surface area contributed by atoms with Crippen molar-refractivity contribution < 1.29 is 15.0 Å². The van der Waals surface area contributed by atoms with E-state index < -0.39 is 11.9 Å². The van der Waals surface area contributed by atoms with Gasteiger partial charge in [-0.15, -0.1) is 0 Å². The molecule has 0 aliphatic heterocycles. The minimum atomic E-state index is -0.795. The van der Waals surface area contributed by atoms with Crippen molar-refractivity contribution in [1.29, 1.82) is 0 Å². The number of aliphatic carboxylic acids is 1. The normalized spacial score (nSPS) is 21.0. The Kier molecular flexibility index (Phi) is 2.39. The average molecular weight is 206 g/mol. The third-order valence-corrected chi connectivity index (χ3v) is 3.26. The number of benzene rings is 1. The van der Waals surface area contributed by atoms with Gasteiger partial charge in [-0.05, 0) is 24.5 Å². The smallest absolute Gasteiger partial charge is 0.306 e. The Morgan fingerprint density at radius 2 is 2.27 bits per heavy atom. The first-order valence-electron chi connectivity index (χ1n) is 5.15. The number of carbonyl (C=O) groups is 1. The second kappa shape index (κ2) is 3.57. The van der Waals surface area contributed by atoms with E-state index in [-0.39, 0.29) is 11.7 Å². The summed E-state index contributed by atoms with van der Waals surface area (Å²) in [5.74, 6) is -1.03. The first kappa shape index (κ1) is 10.0. The lowest BCUT2D eigenvalue weighted by atomic mass is 9.88. The van der Waals surface area contributed by atoms with Crippen molar-refractivity contribution in [2.75, 3.05) is 0 Å². The van der Waals surface area contributed by atoms with Crippen molar-refractivity contribution in [2.24, 2.45) is 5.92 Å². The van der Waals surface area contributed by atoms with E-state index in [1.807, 2.05) is 12.1 Å². The Morgan fingerprint density at radius 1 is 1.53 bits per heavy atom. The Morgan fingerprint density at radius 3 is 2.93 bits per heavy atom. The van der Waals surface area contributed by atoms with Crippen molar-refractivity contribution in [1.82, 2.24) is 0 Å². The molecule has 2 rings (SSSR count). The molecule has 0 radical (unpaired) electrons. The van der Waals surface area contributed by atoms with Crippen LogP contribution in [0.2, 0.25) is 0 Å². The zero-order valence-electron chi connectivity index (χ0n) is 8.60. The summed E-state index contributed by atoms with van der Waals surface area (Å²) < 4.78 is 0. The Bertz CT molecular complexity index is 398. The molecule has 0 heterocycles. The fourth-order valence-electron chi connectivity index (χ4n) is 2.37. The summed E-state index contributed by atoms with van der Waals surface area (Å²) >= 11 is 0. The summed E-state index contributed by atoms with van der Waals surface area (Å²) in [5.41, 5.74) is 1.93. The van der Waals surface area contributed by atoms with Crippen molar-refractivity contribution in [3.05, 3.63) is 29.3 Å². The maximum Gasteiger partial charge on any atom is 0.306 e. The third kappa shape index (κ3) is 1.58. The minimum Gasteiger partial charge on any atom is -0.508 e. The fourth-order valence-corrected chi connectivity index (χ4v) is 2.37. The highest BCUT2D eigenvalue weighted by Gasteiger charge is 2.32. The largest absolute Gasteiger partial charge is 0.508 e. The second-order valence-corrected chi connectivity index (χ2v) is 4.12. The van der Waals surface area contributed by atoms with Crippen LogP contribution < -0.4 is 0 Å². The standard InChI is InChI=1S/C12H14O3/c1-7(12(14)15)9-6-5-8-3-2-4-10(13)11(8)9/h2-4,7,9,13H,5-6H2,1H3,(H,14,15). The Balaban J connectivity index is 2.39. The van der Waals surface area contributed by atoms with E-state index in [1.165, 1.54) is 0 Å². The van der Waals surface area contributed by atoms with Gasteiger partial charge in [0, 0.05) is 11.5 Å². The molecule has 0 saturated heterocycles. The highest BCUT2D eigenvalue weighted by atomic mass is 16.4. The molecule has 0 saturated carbocycles. The summed E-state index contributed by atoms with van der Waals surface area (Å²) in [5, 5.41) is 18.7. The molecule has 15 heavy (non-hydrogen) atoms. The molecule has 3 nitrogen and oxygen atoms in total. The molecule has 1 aromatic rings. The van der Waals surface area contributed by atoms with E-state index in [0.717, 1.165) is 24.0 Å². The third-order valence-electron chi connectivity index (χ3n) is 3.26. The SMILES string of the molecule is CC(C(=O)O)C1CCc2cccc(O)c21. The highest BCUT2D eigenvalue weighted by molar-refractivity contribution is 5.71. The van der Waals surface area contributed by atoms with Crippen molar-refractivity contribution in [3.8, 4) is 5.75 Å². The fraction of sp³-hybridized carbons (Fsp3) is 0.417. The molecular formula is C12H14O3. The van der Waals surface area contributed by atoms with Gasteiger partial charge in [-0.2, -0.15) is 0 Å². The summed E-state index contributed by atoms with van der Waals surface area (Å²) in [4.78, 5) is 10.9. The molecular weight excluding hydrogens is 192 g/mol. The second-order valence-electron chi connectivity index (χ2n) is 4.12. The monoisotopic (exact) mass is 206 g/mol. The number of aromatic hydroxyl groups is 1. The van der Waals surface area contributed by atoms with Gasteiger partial charge in [0.1, 0.15) is 5.75 Å². The van der Waals surface area contributed by atoms with Gasteiger partial charge >= 0.3 is 5.97 Å². The zero-order chi connectivity index (χ0) is 11.0. The van der Waals surface area contributed by atoms with Crippen LogP contribution in [-0.4, -0.2) is 16.2 Å². The predicted molar refractivity (Wildman–Crippen MR) is 56.0 cm³/mol. The number of fused-ring (bicyclic) bond motifs is 1. The van der Waals surface area contributed by atoms with Gasteiger partial charge in [0.2, 0.25) is 0 Å². The first-order chi connectivity index (χ1) is 7.11. The van der Waals surface area contributed by atoms with Gasteiger partial charge in [0.05, 0.1) is 5.92 Å².